The van der Waals surface area contributed by atoms with Crippen LogP contribution in [0.2, 0.25) is 0 Å². The van der Waals surface area contributed by atoms with Crippen LogP contribution in [-0.4, -0.2) is 9.85 Å². The molecule has 0 bridgehead atoms. The molecule has 0 aliphatic rings. The molecule has 234 valence electrons. The van der Waals surface area contributed by atoms with E-state index in [0.717, 1.165) is 11.1 Å². The fourth-order valence-corrected chi connectivity index (χ4v) is 5.58. The summed E-state index contributed by atoms with van der Waals surface area (Å²) < 4.78 is 11.9. The Kier molecular flexibility index (Phi) is 8.66. The van der Waals surface area contributed by atoms with Crippen molar-refractivity contribution in [2.75, 3.05) is 0 Å². The third-order valence-electron chi connectivity index (χ3n) is 8.68. The molecule has 0 aromatic heterocycles. The number of benzene rings is 5. The molecule has 5 aromatic carbocycles. The van der Waals surface area contributed by atoms with E-state index in [1.165, 1.54) is 23.3 Å². The van der Waals surface area contributed by atoms with Gasteiger partial charge in [-0.2, -0.15) is 0 Å². The summed E-state index contributed by atoms with van der Waals surface area (Å²) in [4.78, 5) is 21.4. The second kappa shape index (κ2) is 12.5. The summed E-state index contributed by atoms with van der Waals surface area (Å²) in [5.74, 6) is 2.42. The molecule has 0 spiro atoms. The first-order chi connectivity index (χ1) is 21.8. The summed E-state index contributed by atoms with van der Waals surface area (Å²) >= 11 is 0. The SMILES string of the molecule is Cc1cc(Oc2ccc(C(C)(C)c3ccc(C(C)(C)c4ccc(Oc5ccc([N+](=O)[O-])c(C)c5)cc4)cc3)cc2)ccc1[N+](=O)[O-]. The molecule has 5 rings (SSSR count). The maximum Gasteiger partial charge on any atom is 0.272 e. The van der Waals surface area contributed by atoms with Gasteiger partial charge in [0.1, 0.15) is 23.0 Å². The molecule has 0 radical (unpaired) electrons. The molecule has 0 aliphatic heterocycles. The lowest BCUT2D eigenvalue weighted by Gasteiger charge is -2.29. The van der Waals surface area contributed by atoms with Crippen molar-refractivity contribution in [1.82, 2.24) is 0 Å². The van der Waals surface area contributed by atoms with Gasteiger partial charge in [0.15, 0.2) is 0 Å². The van der Waals surface area contributed by atoms with Gasteiger partial charge in [-0.05, 0) is 84.6 Å². The van der Waals surface area contributed by atoms with Crippen LogP contribution in [0.25, 0.3) is 0 Å². The molecule has 46 heavy (non-hydrogen) atoms. The Labute approximate surface area is 268 Å². The Bertz CT molecular complexity index is 1750. The predicted octanol–water partition coefficient (Wildman–Crippen LogP) is 10.4. The number of aryl methyl sites for hydroxylation is 2. The van der Waals surface area contributed by atoms with Crippen LogP contribution in [0.5, 0.6) is 23.0 Å². The van der Waals surface area contributed by atoms with Crippen molar-refractivity contribution in [3.8, 4) is 23.0 Å². The minimum absolute atomic E-state index is 0.0678. The molecule has 0 unspecified atom stereocenters. The van der Waals surface area contributed by atoms with Gasteiger partial charge in [-0.3, -0.25) is 20.2 Å². The van der Waals surface area contributed by atoms with Gasteiger partial charge in [0.05, 0.1) is 9.85 Å². The fourth-order valence-electron chi connectivity index (χ4n) is 5.58. The van der Waals surface area contributed by atoms with Crippen molar-refractivity contribution in [1.29, 1.82) is 0 Å². The minimum Gasteiger partial charge on any atom is -0.457 e. The highest BCUT2D eigenvalue weighted by Crippen LogP contribution is 2.38. The standard InChI is InChI=1S/C38H36N2O6/c1-25-23-33(19-21-35(25)39(41)42)45-31-15-11-29(12-16-31)37(3,4)27-7-9-28(10-8-27)38(5,6)30-13-17-32(18-14-30)46-34-20-22-36(40(43)44)26(2)24-34/h7-24H,1-6H3. The van der Waals surface area contributed by atoms with Gasteiger partial charge < -0.3 is 9.47 Å². The predicted molar refractivity (Wildman–Crippen MR) is 179 cm³/mol. The monoisotopic (exact) mass is 616 g/mol. The number of nitro benzene ring substituents is 2. The number of ether oxygens (including phenoxy) is 2. The first-order valence-electron chi connectivity index (χ1n) is 14.9. The van der Waals surface area contributed by atoms with Crippen LogP contribution in [0.15, 0.2) is 109 Å². The molecule has 0 fully saturated rings. The number of hydrogen-bond donors (Lipinski definition) is 0. The van der Waals surface area contributed by atoms with Crippen molar-refractivity contribution < 1.29 is 19.3 Å². The Morgan fingerprint density at radius 1 is 0.457 bits per heavy atom. The van der Waals surface area contributed by atoms with Crippen LogP contribution in [-0.2, 0) is 10.8 Å². The smallest absolute Gasteiger partial charge is 0.272 e. The van der Waals surface area contributed by atoms with Crippen molar-refractivity contribution in [2.24, 2.45) is 0 Å². The van der Waals surface area contributed by atoms with Crippen LogP contribution in [0, 0.1) is 34.1 Å². The van der Waals surface area contributed by atoms with Crippen molar-refractivity contribution in [2.45, 2.75) is 52.4 Å². The Morgan fingerprint density at radius 3 is 0.978 bits per heavy atom. The zero-order valence-electron chi connectivity index (χ0n) is 26.7. The van der Waals surface area contributed by atoms with Gasteiger partial charge >= 0.3 is 0 Å². The summed E-state index contributed by atoms with van der Waals surface area (Å²) in [6.45, 7) is 12.1. The number of hydrogen-bond acceptors (Lipinski definition) is 6. The summed E-state index contributed by atoms with van der Waals surface area (Å²) in [5, 5.41) is 22.2. The van der Waals surface area contributed by atoms with Crippen molar-refractivity contribution in [3.05, 3.63) is 163 Å². The second-order valence-corrected chi connectivity index (χ2v) is 12.5. The zero-order valence-corrected chi connectivity index (χ0v) is 26.7. The van der Waals surface area contributed by atoms with E-state index in [2.05, 4.69) is 52.0 Å². The largest absolute Gasteiger partial charge is 0.457 e. The average molecular weight is 617 g/mol. The van der Waals surface area contributed by atoms with E-state index in [1.807, 2.05) is 48.5 Å². The molecule has 0 N–H and O–H groups in total. The van der Waals surface area contributed by atoms with E-state index >= 15 is 0 Å². The highest BCUT2D eigenvalue weighted by molar-refractivity contribution is 5.49. The molecule has 8 heteroatoms. The van der Waals surface area contributed by atoms with Crippen LogP contribution >= 0.6 is 0 Å². The molecular weight excluding hydrogens is 580 g/mol. The van der Waals surface area contributed by atoms with Gasteiger partial charge in [-0.15, -0.1) is 0 Å². The van der Waals surface area contributed by atoms with E-state index in [1.54, 1.807) is 38.1 Å². The van der Waals surface area contributed by atoms with E-state index in [-0.39, 0.29) is 22.2 Å². The molecule has 0 amide bonds. The van der Waals surface area contributed by atoms with E-state index < -0.39 is 9.85 Å². The van der Waals surface area contributed by atoms with Gasteiger partial charge in [-0.25, -0.2) is 0 Å². The molecule has 0 atom stereocenters. The van der Waals surface area contributed by atoms with Gasteiger partial charge in [0, 0.05) is 34.1 Å². The summed E-state index contributed by atoms with van der Waals surface area (Å²) in [7, 11) is 0. The number of nitrogens with zero attached hydrogens (tertiary/aromatic N) is 2. The van der Waals surface area contributed by atoms with Crippen LogP contribution in [0.3, 0.4) is 0 Å². The van der Waals surface area contributed by atoms with Crippen LogP contribution in [0.1, 0.15) is 61.1 Å². The molecule has 0 saturated heterocycles. The van der Waals surface area contributed by atoms with Gasteiger partial charge in [0.25, 0.3) is 11.4 Å². The molecule has 0 aliphatic carbocycles. The summed E-state index contributed by atoms with van der Waals surface area (Å²) in [6, 6.07) is 34.0. The van der Waals surface area contributed by atoms with Crippen molar-refractivity contribution in [3.63, 3.8) is 0 Å². The first-order valence-corrected chi connectivity index (χ1v) is 14.9. The fraction of sp³-hybridized carbons (Fsp3) is 0.211. The lowest BCUT2D eigenvalue weighted by molar-refractivity contribution is -0.385. The zero-order chi connectivity index (χ0) is 33.2. The first kappa shape index (κ1) is 31.9. The Hall–Kier alpha value is -5.50. The molecule has 0 heterocycles. The summed E-state index contributed by atoms with van der Waals surface area (Å²) in [5.41, 5.74) is 5.32. The normalized spacial score (nSPS) is 11.6. The van der Waals surface area contributed by atoms with E-state index in [4.69, 9.17) is 9.47 Å². The van der Waals surface area contributed by atoms with E-state index in [9.17, 15) is 20.2 Å². The molecule has 0 saturated carbocycles. The van der Waals surface area contributed by atoms with Crippen LogP contribution < -0.4 is 9.47 Å². The Morgan fingerprint density at radius 2 is 0.717 bits per heavy atom. The number of rotatable bonds is 10. The van der Waals surface area contributed by atoms with Gasteiger partial charge in [-0.1, -0.05) is 76.2 Å². The maximum absolute atomic E-state index is 11.1. The third-order valence-corrected chi connectivity index (χ3v) is 8.68. The topological polar surface area (TPSA) is 105 Å². The van der Waals surface area contributed by atoms with Crippen LogP contribution in [0.4, 0.5) is 11.4 Å². The molecule has 5 aromatic rings. The molecule has 8 nitrogen and oxygen atoms in total. The average Bonchev–Trinajstić information content (AvgIpc) is 3.01. The molecular formula is C38H36N2O6. The minimum atomic E-state index is -0.398. The second-order valence-electron chi connectivity index (χ2n) is 12.5. The highest BCUT2D eigenvalue weighted by atomic mass is 16.6. The quantitative estimate of drug-likeness (QED) is 0.114. The van der Waals surface area contributed by atoms with Crippen molar-refractivity contribution >= 4 is 11.4 Å². The maximum atomic E-state index is 11.1. The lowest BCUT2D eigenvalue weighted by Crippen LogP contribution is -2.21. The Balaban J connectivity index is 1.27. The lowest BCUT2D eigenvalue weighted by atomic mass is 9.74. The number of nitro groups is 2. The highest BCUT2D eigenvalue weighted by Gasteiger charge is 2.27. The third kappa shape index (κ3) is 6.61. The van der Waals surface area contributed by atoms with Gasteiger partial charge in [0.2, 0.25) is 0 Å². The van der Waals surface area contributed by atoms with E-state index in [0.29, 0.717) is 34.1 Å². The summed E-state index contributed by atoms with van der Waals surface area (Å²) in [6.07, 6.45) is 0.